The number of carbonyl (C=O) groups excluding carboxylic acids is 1. The fourth-order valence-corrected chi connectivity index (χ4v) is 4.73. The Labute approximate surface area is 181 Å². The Hall–Kier alpha value is -1.63. The Balaban J connectivity index is 1.40. The molecule has 1 aromatic carbocycles. The van der Waals surface area contributed by atoms with E-state index in [0.717, 1.165) is 57.7 Å². The second kappa shape index (κ2) is 11.7. The van der Waals surface area contributed by atoms with E-state index in [1.807, 2.05) is 24.1 Å². The largest absolute Gasteiger partial charge is 0.491 e. The van der Waals surface area contributed by atoms with Crippen LogP contribution in [0.25, 0.3) is 0 Å². The van der Waals surface area contributed by atoms with Crippen LogP contribution in [0.15, 0.2) is 24.3 Å². The first-order valence-corrected chi connectivity index (χ1v) is 11.5. The van der Waals surface area contributed by atoms with Crippen molar-refractivity contribution in [2.45, 2.75) is 51.1 Å². The molecule has 6 nitrogen and oxygen atoms in total. The van der Waals surface area contributed by atoms with Crippen molar-refractivity contribution in [1.82, 2.24) is 14.7 Å². The van der Waals surface area contributed by atoms with E-state index in [9.17, 15) is 4.79 Å². The number of rotatable bonds is 9. The minimum atomic E-state index is 0.0349. The van der Waals surface area contributed by atoms with Crippen LogP contribution in [0.3, 0.4) is 0 Å². The summed E-state index contributed by atoms with van der Waals surface area (Å²) in [5.74, 6) is 1.73. The van der Waals surface area contributed by atoms with Gasteiger partial charge in [0.15, 0.2) is 0 Å². The molecule has 0 spiro atoms. The number of aliphatic hydroxyl groups excluding tert-OH is 1. The summed E-state index contributed by atoms with van der Waals surface area (Å²) in [5.41, 5.74) is 1.28. The van der Waals surface area contributed by atoms with Gasteiger partial charge in [-0.05, 0) is 82.4 Å². The average Bonchev–Trinajstić information content (AvgIpc) is 2.77. The van der Waals surface area contributed by atoms with Crippen molar-refractivity contribution in [2.24, 2.45) is 5.92 Å². The third-order valence-corrected chi connectivity index (χ3v) is 6.69. The smallest absolute Gasteiger partial charge is 0.222 e. The fraction of sp³-hybridized carbons (Fsp3) is 0.708. The summed E-state index contributed by atoms with van der Waals surface area (Å²) < 4.78 is 5.44. The summed E-state index contributed by atoms with van der Waals surface area (Å²) in [5, 5.41) is 8.85. The highest BCUT2D eigenvalue weighted by Crippen LogP contribution is 2.24. The number of ether oxygens (including phenoxy) is 1. The maximum atomic E-state index is 12.7. The molecule has 2 fully saturated rings. The zero-order chi connectivity index (χ0) is 21.3. The number of likely N-dealkylation sites (tertiary alicyclic amines) is 2. The van der Waals surface area contributed by atoms with Crippen LogP contribution in [0, 0.1) is 5.92 Å². The summed E-state index contributed by atoms with van der Waals surface area (Å²) in [6, 6.07) is 8.58. The van der Waals surface area contributed by atoms with Crippen LogP contribution >= 0.6 is 0 Å². The van der Waals surface area contributed by atoms with E-state index in [1.54, 1.807) is 0 Å². The first kappa shape index (κ1) is 23.0. The van der Waals surface area contributed by atoms with Crippen LogP contribution < -0.4 is 4.74 Å². The lowest BCUT2D eigenvalue weighted by Crippen LogP contribution is -2.44. The van der Waals surface area contributed by atoms with Crippen molar-refractivity contribution in [2.75, 3.05) is 53.5 Å². The zero-order valence-electron chi connectivity index (χ0n) is 18.8. The fourth-order valence-electron chi connectivity index (χ4n) is 4.73. The summed E-state index contributed by atoms with van der Waals surface area (Å²) in [6.07, 6.45) is 6.31. The van der Waals surface area contributed by atoms with Gasteiger partial charge in [-0.2, -0.15) is 0 Å². The molecule has 6 heteroatoms. The van der Waals surface area contributed by atoms with E-state index in [0.29, 0.717) is 30.9 Å². The standard InChI is InChI=1S/C24H39N3O3/c1-25-14-11-22(12-15-25)26(2)24(29)10-7-20-4-3-13-27(18-20)19-21-5-8-23(9-6-21)30-17-16-28/h5-6,8-9,20,22,28H,3-4,7,10-19H2,1-2H3. The van der Waals surface area contributed by atoms with Crippen LogP contribution in [0.2, 0.25) is 0 Å². The lowest BCUT2D eigenvalue weighted by atomic mass is 9.92. The summed E-state index contributed by atoms with van der Waals surface area (Å²) in [7, 11) is 4.16. The number of piperidine rings is 2. The van der Waals surface area contributed by atoms with Crippen LogP contribution in [-0.4, -0.2) is 85.2 Å². The summed E-state index contributed by atoms with van der Waals surface area (Å²) in [6.45, 7) is 5.70. The quantitative estimate of drug-likeness (QED) is 0.669. The first-order valence-electron chi connectivity index (χ1n) is 11.5. The molecular formula is C24H39N3O3. The van der Waals surface area contributed by atoms with Crippen molar-refractivity contribution in [3.05, 3.63) is 29.8 Å². The predicted octanol–water partition coefficient (Wildman–Crippen LogP) is 2.60. The molecular weight excluding hydrogens is 378 g/mol. The van der Waals surface area contributed by atoms with Gasteiger partial charge < -0.3 is 19.6 Å². The Morgan fingerprint density at radius 1 is 1.17 bits per heavy atom. The minimum absolute atomic E-state index is 0.0349. The predicted molar refractivity (Wildman–Crippen MR) is 120 cm³/mol. The van der Waals surface area contributed by atoms with Crippen LogP contribution in [0.4, 0.5) is 0 Å². The molecule has 2 heterocycles. The molecule has 1 aromatic rings. The van der Waals surface area contributed by atoms with E-state index in [1.165, 1.54) is 18.4 Å². The maximum Gasteiger partial charge on any atom is 0.222 e. The van der Waals surface area contributed by atoms with Crippen molar-refractivity contribution < 1.29 is 14.6 Å². The second-order valence-corrected chi connectivity index (χ2v) is 9.04. The van der Waals surface area contributed by atoms with E-state index >= 15 is 0 Å². The first-order chi connectivity index (χ1) is 14.5. The number of hydrogen-bond donors (Lipinski definition) is 1. The molecule has 2 aliphatic rings. The molecule has 0 bridgehead atoms. The van der Waals surface area contributed by atoms with E-state index < -0.39 is 0 Å². The Kier molecular flexibility index (Phi) is 8.97. The number of nitrogens with zero attached hydrogens (tertiary/aromatic N) is 3. The van der Waals surface area contributed by atoms with Gasteiger partial charge in [-0.3, -0.25) is 9.69 Å². The average molecular weight is 418 g/mol. The maximum absolute atomic E-state index is 12.7. The molecule has 3 rings (SSSR count). The molecule has 0 saturated carbocycles. The number of hydrogen-bond acceptors (Lipinski definition) is 5. The highest BCUT2D eigenvalue weighted by molar-refractivity contribution is 5.76. The molecule has 0 radical (unpaired) electrons. The van der Waals surface area contributed by atoms with Gasteiger partial charge >= 0.3 is 0 Å². The number of aliphatic hydroxyl groups is 1. The second-order valence-electron chi connectivity index (χ2n) is 9.04. The third kappa shape index (κ3) is 6.96. The number of amides is 1. The third-order valence-electron chi connectivity index (χ3n) is 6.69. The normalized spacial score (nSPS) is 21.5. The Morgan fingerprint density at radius 3 is 2.60 bits per heavy atom. The van der Waals surface area contributed by atoms with E-state index in [-0.39, 0.29) is 6.61 Å². The molecule has 168 valence electrons. The minimum Gasteiger partial charge on any atom is -0.491 e. The molecule has 1 N–H and O–H groups in total. The molecule has 1 unspecified atom stereocenters. The van der Waals surface area contributed by atoms with Gasteiger partial charge in [0.05, 0.1) is 6.61 Å². The number of benzene rings is 1. The van der Waals surface area contributed by atoms with Gasteiger partial charge in [0.1, 0.15) is 12.4 Å². The molecule has 30 heavy (non-hydrogen) atoms. The van der Waals surface area contributed by atoms with Gasteiger partial charge in [-0.1, -0.05) is 12.1 Å². The molecule has 1 atom stereocenters. The SMILES string of the molecule is CN1CCC(N(C)C(=O)CCC2CCCN(Cc3ccc(OCCO)cc3)C2)CC1. The van der Waals surface area contributed by atoms with Crippen molar-refractivity contribution in [3.63, 3.8) is 0 Å². The van der Waals surface area contributed by atoms with Crippen LogP contribution in [-0.2, 0) is 11.3 Å². The highest BCUT2D eigenvalue weighted by Gasteiger charge is 2.25. The van der Waals surface area contributed by atoms with Gasteiger partial charge in [0.25, 0.3) is 0 Å². The molecule has 0 aromatic heterocycles. The Bertz CT molecular complexity index is 644. The molecule has 2 aliphatic heterocycles. The molecule has 1 amide bonds. The Morgan fingerprint density at radius 2 is 1.90 bits per heavy atom. The topological polar surface area (TPSA) is 56.2 Å². The molecule has 2 saturated heterocycles. The van der Waals surface area contributed by atoms with Crippen molar-refractivity contribution in [1.29, 1.82) is 0 Å². The summed E-state index contributed by atoms with van der Waals surface area (Å²) in [4.78, 5) is 19.6. The zero-order valence-corrected chi connectivity index (χ0v) is 18.8. The van der Waals surface area contributed by atoms with Crippen molar-refractivity contribution in [3.8, 4) is 5.75 Å². The van der Waals surface area contributed by atoms with E-state index in [4.69, 9.17) is 9.84 Å². The molecule has 0 aliphatic carbocycles. The summed E-state index contributed by atoms with van der Waals surface area (Å²) >= 11 is 0. The lowest BCUT2D eigenvalue weighted by Gasteiger charge is -2.36. The van der Waals surface area contributed by atoms with Gasteiger partial charge in [-0.25, -0.2) is 0 Å². The monoisotopic (exact) mass is 417 g/mol. The van der Waals surface area contributed by atoms with Gasteiger partial charge in [0.2, 0.25) is 5.91 Å². The van der Waals surface area contributed by atoms with Crippen molar-refractivity contribution >= 4 is 5.91 Å². The van der Waals surface area contributed by atoms with Crippen LogP contribution in [0.5, 0.6) is 5.75 Å². The highest BCUT2D eigenvalue weighted by atomic mass is 16.5. The lowest BCUT2D eigenvalue weighted by molar-refractivity contribution is -0.133. The van der Waals surface area contributed by atoms with Crippen LogP contribution in [0.1, 0.15) is 44.1 Å². The number of carbonyl (C=O) groups is 1. The van der Waals surface area contributed by atoms with Gasteiger partial charge in [-0.15, -0.1) is 0 Å². The van der Waals surface area contributed by atoms with Gasteiger partial charge in [0, 0.05) is 32.6 Å². The van der Waals surface area contributed by atoms with E-state index in [2.05, 4.69) is 29.0 Å².